The van der Waals surface area contributed by atoms with Crippen molar-refractivity contribution >= 4 is 27.0 Å². The first-order chi connectivity index (χ1) is 14.9. The van der Waals surface area contributed by atoms with E-state index < -0.39 is 10.0 Å². The third kappa shape index (κ3) is 4.50. The Labute approximate surface area is 182 Å². The van der Waals surface area contributed by atoms with Crippen molar-refractivity contribution in [2.75, 3.05) is 13.1 Å². The number of hydrogen-bond donors (Lipinski definition) is 2. The van der Waals surface area contributed by atoms with Crippen LogP contribution in [0.5, 0.6) is 0 Å². The van der Waals surface area contributed by atoms with E-state index in [9.17, 15) is 13.2 Å². The number of benzene rings is 2. The Kier molecular flexibility index (Phi) is 6.11. The number of nitrogens with zero attached hydrogens (tertiary/aromatic N) is 2. The Morgan fingerprint density at radius 2 is 1.81 bits per heavy atom. The monoisotopic (exact) mass is 440 g/mol. The van der Waals surface area contributed by atoms with Crippen molar-refractivity contribution in [3.05, 3.63) is 59.9 Å². The van der Waals surface area contributed by atoms with Gasteiger partial charge >= 0.3 is 0 Å². The number of para-hydroxylation sites is 2. The number of sulfonamides is 1. The molecule has 1 atom stereocenters. The summed E-state index contributed by atoms with van der Waals surface area (Å²) in [6.07, 6.45) is 2.78. The zero-order valence-electron chi connectivity index (χ0n) is 17.8. The van der Waals surface area contributed by atoms with Crippen LogP contribution in [0.4, 0.5) is 0 Å². The maximum absolute atomic E-state index is 13.0. The van der Waals surface area contributed by atoms with Crippen LogP contribution in [0, 0.1) is 5.92 Å². The van der Waals surface area contributed by atoms with Crippen LogP contribution in [0.1, 0.15) is 55.3 Å². The lowest BCUT2D eigenvalue weighted by Gasteiger charge is -2.26. The molecule has 1 fully saturated rings. The number of piperidine rings is 1. The molecule has 1 aromatic heterocycles. The summed E-state index contributed by atoms with van der Waals surface area (Å²) in [7, 11) is -3.60. The molecule has 0 spiro atoms. The number of hydrogen-bond acceptors (Lipinski definition) is 4. The average Bonchev–Trinajstić information content (AvgIpc) is 3.21. The summed E-state index contributed by atoms with van der Waals surface area (Å²) in [5.41, 5.74) is 2.07. The smallest absolute Gasteiger partial charge is 0.251 e. The number of rotatable bonds is 6. The van der Waals surface area contributed by atoms with Crippen molar-refractivity contribution in [3.8, 4) is 0 Å². The molecule has 1 aliphatic heterocycles. The molecule has 2 aromatic carbocycles. The molecule has 0 radical (unpaired) electrons. The number of fused-ring (bicyclic) bond motifs is 1. The Balaban J connectivity index is 1.57. The van der Waals surface area contributed by atoms with E-state index in [1.807, 2.05) is 38.1 Å². The maximum Gasteiger partial charge on any atom is 0.251 e. The fraction of sp³-hybridized carbons (Fsp3) is 0.391. The minimum Gasteiger partial charge on any atom is -0.342 e. The molecule has 0 aliphatic carbocycles. The van der Waals surface area contributed by atoms with Gasteiger partial charge in [-0.05, 0) is 49.1 Å². The van der Waals surface area contributed by atoms with Gasteiger partial charge in [0, 0.05) is 18.7 Å². The largest absolute Gasteiger partial charge is 0.342 e. The molecule has 2 N–H and O–H groups in total. The van der Waals surface area contributed by atoms with Crippen molar-refractivity contribution in [2.24, 2.45) is 5.92 Å². The molecular weight excluding hydrogens is 412 g/mol. The first-order valence-electron chi connectivity index (χ1n) is 10.7. The van der Waals surface area contributed by atoms with E-state index in [2.05, 4.69) is 15.3 Å². The van der Waals surface area contributed by atoms with Gasteiger partial charge in [-0.15, -0.1) is 0 Å². The highest BCUT2D eigenvalue weighted by Crippen LogP contribution is 2.24. The van der Waals surface area contributed by atoms with Gasteiger partial charge in [0.25, 0.3) is 5.91 Å². The fourth-order valence-corrected chi connectivity index (χ4v) is 5.51. The lowest BCUT2D eigenvalue weighted by molar-refractivity contribution is 0.0923. The predicted molar refractivity (Wildman–Crippen MR) is 120 cm³/mol. The number of aromatic amines is 1. The first-order valence-corrected chi connectivity index (χ1v) is 12.2. The van der Waals surface area contributed by atoms with Crippen LogP contribution in [-0.4, -0.2) is 41.7 Å². The second-order valence-corrected chi connectivity index (χ2v) is 10.3. The molecule has 8 heteroatoms. The number of amides is 1. The molecule has 164 valence electrons. The maximum atomic E-state index is 13.0. The molecule has 7 nitrogen and oxygen atoms in total. The summed E-state index contributed by atoms with van der Waals surface area (Å²) < 4.78 is 27.5. The van der Waals surface area contributed by atoms with Crippen LogP contribution >= 0.6 is 0 Å². The minimum atomic E-state index is -3.60. The van der Waals surface area contributed by atoms with Crippen LogP contribution < -0.4 is 5.32 Å². The van der Waals surface area contributed by atoms with Crippen molar-refractivity contribution in [1.82, 2.24) is 19.6 Å². The van der Waals surface area contributed by atoms with Crippen molar-refractivity contribution in [2.45, 2.75) is 44.0 Å². The molecule has 0 bridgehead atoms. The van der Waals surface area contributed by atoms with Crippen LogP contribution in [0.25, 0.3) is 11.0 Å². The fourth-order valence-electron chi connectivity index (χ4n) is 3.95. The Hall–Kier alpha value is -2.71. The van der Waals surface area contributed by atoms with E-state index in [0.29, 0.717) is 24.5 Å². The number of nitrogens with one attached hydrogen (secondary N) is 2. The summed E-state index contributed by atoms with van der Waals surface area (Å²) in [4.78, 5) is 21.1. The highest BCUT2D eigenvalue weighted by molar-refractivity contribution is 7.89. The topological polar surface area (TPSA) is 95.2 Å². The molecule has 1 amide bonds. The van der Waals surface area contributed by atoms with Gasteiger partial charge < -0.3 is 10.3 Å². The Bertz CT molecular complexity index is 1150. The van der Waals surface area contributed by atoms with Crippen LogP contribution in [0.2, 0.25) is 0 Å². The molecule has 3 aromatic rings. The molecule has 0 saturated carbocycles. The van der Waals surface area contributed by atoms with E-state index in [-0.39, 0.29) is 22.8 Å². The van der Waals surface area contributed by atoms with Gasteiger partial charge in [-0.2, -0.15) is 4.31 Å². The van der Waals surface area contributed by atoms with Crippen LogP contribution in [0.3, 0.4) is 0 Å². The number of carbonyl (C=O) groups excluding carboxylic acids is 1. The van der Waals surface area contributed by atoms with E-state index in [4.69, 9.17) is 0 Å². The Morgan fingerprint density at radius 3 is 2.52 bits per heavy atom. The molecule has 1 saturated heterocycles. The zero-order chi connectivity index (χ0) is 22.0. The minimum absolute atomic E-state index is 0.0878. The summed E-state index contributed by atoms with van der Waals surface area (Å²) in [5.74, 6) is 0.446. The van der Waals surface area contributed by atoms with Crippen molar-refractivity contribution in [1.29, 1.82) is 0 Å². The molecule has 2 heterocycles. The van der Waals surface area contributed by atoms with Gasteiger partial charge in [-0.3, -0.25) is 4.79 Å². The predicted octanol–water partition coefficient (Wildman–Crippen LogP) is 3.86. The van der Waals surface area contributed by atoms with E-state index in [1.54, 1.807) is 18.2 Å². The van der Waals surface area contributed by atoms with E-state index in [0.717, 1.165) is 30.3 Å². The second-order valence-electron chi connectivity index (χ2n) is 8.33. The van der Waals surface area contributed by atoms with Gasteiger partial charge in [-0.25, -0.2) is 13.4 Å². The van der Waals surface area contributed by atoms with Gasteiger partial charge in [-0.1, -0.05) is 38.5 Å². The lowest BCUT2D eigenvalue weighted by Crippen LogP contribution is -2.36. The van der Waals surface area contributed by atoms with Crippen molar-refractivity contribution < 1.29 is 13.2 Å². The highest BCUT2D eigenvalue weighted by Gasteiger charge is 2.27. The average molecular weight is 441 g/mol. The van der Waals surface area contributed by atoms with Gasteiger partial charge in [0.05, 0.1) is 22.0 Å². The highest BCUT2D eigenvalue weighted by atomic mass is 32.2. The van der Waals surface area contributed by atoms with Crippen LogP contribution in [0.15, 0.2) is 53.4 Å². The molecular formula is C23H28N4O3S. The quantitative estimate of drug-likeness (QED) is 0.608. The van der Waals surface area contributed by atoms with Gasteiger partial charge in [0.1, 0.15) is 5.82 Å². The van der Waals surface area contributed by atoms with Gasteiger partial charge in [0.2, 0.25) is 10.0 Å². The van der Waals surface area contributed by atoms with E-state index >= 15 is 0 Å². The van der Waals surface area contributed by atoms with E-state index in [1.165, 1.54) is 10.4 Å². The zero-order valence-corrected chi connectivity index (χ0v) is 18.7. The SMILES string of the molecule is CC(C)C(NC(=O)c1cccc(S(=O)(=O)N2CCCCC2)c1)c1nc2ccccc2[nH]1. The standard InChI is InChI=1S/C23H28N4O3S/c1-16(2)21(22-24-19-11-4-5-12-20(19)25-22)26-23(28)17-9-8-10-18(15-17)31(29,30)27-13-6-3-7-14-27/h4-5,8-12,15-16,21H,3,6-7,13-14H2,1-2H3,(H,24,25)(H,26,28). The van der Waals surface area contributed by atoms with Crippen LogP contribution in [-0.2, 0) is 10.0 Å². The lowest BCUT2D eigenvalue weighted by atomic mass is 10.0. The van der Waals surface area contributed by atoms with Crippen molar-refractivity contribution in [3.63, 3.8) is 0 Å². The molecule has 1 aliphatic rings. The number of imidazole rings is 1. The third-order valence-electron chi connectivity index (χ3n) is 5.70. The van der Waals surface area contributed by atoms with Gasteiger partial charge in [0.15, 0.2) is 0 Å². The second kappa shape index (κ2) is 8.80. The first kappa shape index (κ1) is 21.5. The third-order valence-corrected chi connectivity index (χ3v) is 7.60. The number of aromatic nitrogens is 2. The summed E-state index contributed by atoms with van der Waals surface area (Å²) in [6, 6.07) is 13.7. The molecule has 1 unspecified atom stereocenters. The number of carbonyl (C=O) groups is 1. The number of H-pyrrole nitrogens is 1. The Morgan fingerprint density at radius 1 is 1.06 bits per heavy atom. The normalized spacial score (nSPS) is 16.5. The summed E-state index contributed by atoms with van der Waals surface area (Å²) in [5, 5.41) is 3.03. The summed E-state index contributed by atoms with van der Waals surface area (Å²) in [6.45, 7) is 5.07. The molecule has 4 rings (SSSR count). The summed E-state index contributed by atoms with van der Waals surface area (Å²) >= 11 is 0. The molecule has 31 heavy (non-hydrogen) atoms.